The van der Waals surface area contributed by atoms with Gasteiger partial charge in [-0.3, -0.25) is 9.59 Å². The highest BCUT2D eigenvalue weighted by molar-refractivity contribution is 5.98. The lowest BCUT2D eigenvalue weighted by Crippen LogP contribution is -2.31. The second-order valence-corrected chi connectivity index (χ2v) is 4.68. The van der Waals surface area contributed by atoms with Gasteiger partial charge in [0.2, 0.25) is 5.91 Å². The summed E-state index contributed by atoms with van der Waals surface area (Å²) in [6.07, 6.45) is 3.78. The number of anilines is 1. The SMILES string of the molecule is CCCNC(=O)CCNC(=O)c1cccnc1NCCC. The smallest absolute Gasteiger partial charge is 0.255 e. The first-order valence-electron chi connectivity index (χ1n) is 7.42. The molecule has 1 rings (SSSR count). The standard InChI is InChI=1S/C15H24N4O2/c1-3-8-16-13(20)7-11-19-15(21)12-6-5-10-18-14(12)17-9-4-2/h5-6,10H,3-4,7-9,11H2,1-2H3,(H,16,20)(H,17,18)(H,19,21). The molecule has 0 unspecified atom stereocenters. The highest BCUT2D eigenvalue weighted by Crippen LogP contribution is 2.11. The van der Waals surface area contributed by atoms with Gasteiger partial charge in [0.25, 0.3) is 5.91 Å². The van der Waals surface area contributed by atoms with Gasteiger partial charge in [0, 0.05) is 32.3 Å². The molecule has 0 radical (unpaired) electrons. The molecule has 6 nitrogen and oxygen atoms in total. The summed E-state index contributed by atoms with van der Waals surface area (Å²) in [4.78, 5) is 27.7. The minimum absolute atomic E-state index is 0.0485. The molecule has 0 bridgehead atoms. The van der Waals surface area contributed by atoms with Gasteiger partial charge in [0.1, 0.15) is 5.82 Å². The van der Waals surface area contributed by atoms with Gasteiger partial charge in [-0.1, -0.05) is 13.8 Å². The van der Waals surface area contributed by atoms with Crippen LogP contribution in [0.4, 0.5) is 5.82 Å². The Morgan fingerprint density at radius 2 is 1.86 bits per heavy atom. The van der Waals surface area contributed by atoms with Gasteiger partial charge in [-0.05, 0) is 25.0 Å². The van der Waals surface area contributed by atoms with Crippen LogP contribution in [0.3, 0.4) is 0 Å². The Morgan fingerprint density at radius 1 is 1.10 bits per heavy atom. The molecule has 1 aromatic rings. The van der Waals surface area contributed by atoms with Gasteiger partial charge in [-0.15, -0.1) is 0 Å². The Kier molecular flexibility index (Phi) is 7.86. The van der Waals surface area contributed by atoms with Crippen molar-refractivity contribution in [3.05, 3.63) is 23.9 Å². The van der Waals surface area contributed by atoms with Crippen molar-refractivity contribution in [2.24, 2.45) is 0 Å². The van der Waals surface area contributed by atoms with Crippen molar-refractivity contribution >= 4 is 17.6 Å². The molecule has 0 spiro atoms. The summed E-state index contributed by atoms with van der Waals surface area (Å²) in [6, 6.07) is 3.44. The van der Waals surface area contributed by atoms with Gasteiger partial charge in [0.05, 0.1) is 5.56 Å². The largest absolute Gasteiger partial charge is 0.369 e. The Balaban J connectivity index is 2.46. The Morgan fingerprint density at radius 3 is 2.57 bits per heavy atom. The number of carbonyl (C=O) groups excluding carboxylic acids is 2. The Hall–Kier alpha value is -2.11. The molecule has 0 aliphatic heterocycles. The first kappa shape index (κ1) is 16.9. The molecular weight excluding hydrogens is 268 g/mol. The van der Waals surface area contributed by atoms with Crippen molar-refractivity contribution in [1.82, 2.24) is 15.6 Å². The molecule has 0 atom stereocenters. The molecule has 0 fully saturated rings. The van der Waals surface area contributed by atoms with Gasteiger partial charge in [0.15, 0.2) is 0 Å². The van der Waals surface area contributed by atoms with Crippen LogP contribution in [0, 0.1) is 0 Å². The predicted molar refractivity (Wildman–Crippen MR) is 83.3 cm³/mol. The zero-order chi connectivity index (χ0) is 15.5. The van der Waals surface area contributed by atoms with E-state index in [-0.39, 0.29) is 18.2 Å². The first-order chi connectivity index (χ1) is 10.2. The van der Waals surface area contributed by atoms with Gasteiger partial charge in [-0.2, -0.15) is 0 Å². The number of carbonyl (C=O) groups is 2. The van der Waals surface area contributed by atoms with Crippen LogP contribution in [0.25, 0.3) is 0 Å². The number of aromatic nitrogens is 1. The number of pyridine rings is 1. The van der Waals surface area contributed by atoms with Gasteiger partial charge >= 0.3 is 0 Å². The average Bonchev–Trinajstić information content (AvgIpc) is 2.51. The fourth-order valence-electron chi connectivity index (χ4n) is 1.71. The predicted octanol–water partition coefficient (Wildman–Crippen LogP) is 1.55. The number of hydrogen-bond donors (Lipinski definition) is 3. The minimum Gasteiger partial charge on any atom is -0.369 e. The topological polar surface area (TPSA) is 83.1 Å². The second kappa shape index (κ2) is 9.74. The van der Waals surface area contributed by atoms with E-state index in [0.29, 0.717) is 24.5 Å². The van der Waals surface area contributed by atoms with Crippen LogP contribution in [-0.4, -0.2) is 36.4 Å². The number of amides is 2. The fraction of sp³-hybridized carbons (Fsp3) is 0.533. The van der Waals surface area contributed by atoms with E-state index in [2.05, 4.69) is 20.9 Å². The van der Waals surface area contributed by atoms with Crippen LogP contribution in [0.5, 0.6) is 0 Å². The van der Waals surface area contributed by atoms with E-state index in [9.17, 15) is 9.59 Å². The molecular formula is C15H24N4O2. The zero-order valence-corrected chi connectivity index (χ0v) is 12.7. The van der Waals surface area contributed by atoms with Crippen LogP contribution in [0.15, 0.2) is 18.3 Å². The van der Waals surface area contributed by atoms with Crippen LogP contribution in [-0.2, 0) is 4.79 Å². The molecule has 21 heavy (non-hydrogen) atoms. The van der Waals surface area contributed by atoms with E-state index in [0.717, 1.165) is 19.4 Å². The number of hydrogen-bond acceptors (Lipinski definition) is 4. The normalized spacial score (nSPS) is 10.0. The lowest BCUT2D eigenvalue weighted by atomic mass is 10.2. The average molecular weight is 292 g/mol. The van der Waals surface area contributed by atoms with Crippen molar-refractivity contribution in [2.75, 3.05) is 25.0 Å². The maximum Gasteiger partial charge on any atom is 0.255 e. The Labute approximate surface area is 125 Å². The van der Waals surface area contributed by atoms with Crippen molar-refractivity contribution in [1.29, 1.82) is 0 Å². The first-order valence-corrected chi connectivity index (χ1v) is 7.42. The molecule has 2 amide bonds. The maximum atomic E-state index is 12.1. The van der Waals surface area contributed by atoms with Crippen LogP contribution < -0.4 is 16.0 Å². The molecule has 0 aliphatic rings. The van der Waals surface area contributed by atoms with Crippen molar-refractivity contribution in [2.45, 2.75) is 33.1 Å². The van der Waals surface area contributed by atoms with E-state index in [4.69, 9.17) is 0 Å². The summed E-state index contributed by atoms with van der Waals surface area (Å²) in [5.41, 5.74) is 0.500. The molecule has 1 heterocycles. The lowest BCUT2D eigenvalue weighted by molar-refractivity contribution is -0.120. The lowest BCUT2D eigenvalue weighted by Gasteiger charge is -2.10. The molecule has 0 aliphatic carbocycles. The second-order valence-electron chi connectivity index (χ2n) is 4.68. The van der Waals surface area contributed by atoms with Crippen LogP contribution >= 0.6 is 0 Å². The Bertz CT molecular complexity index is 463. The number of rotatable bonds is 9. The summed E-state index contributed by atoms with van der Waals surface area (Å²) in [7, 11) is 0. The van der Waals surface area contributed by atoms with E-state index in [1.165, 1.54) is 0 Å². The number of nitrogens with zero attached hydrogens (tertiary/aromatic N) is 1. The van der Waals surface area contributed by atoms with E-state index >= 15 is 0 Å². The molecule has 1 aromatic heterocycles. The maximum absolute atomic E-state index is 12.1. The van der Waals surface area contributed by atoms with E-state index < -0.39 is 0 Å². The van der Waals surface area contributed by atoms with Gasteiger partial charge < -0.3 is 16.0 Å². The third kappa shape index (κ3) is 6.25. The van der Waals surface area contributed by atoms with Crippen molar-refractivity contribution in [3.63, 3.8) is 0 Å². The quantitative estimate of drug-likeness (QED) is 0.645. The van der Waals surface area contributed by atoms with Crippen LogP contribution in [0.1, 0.15) is 43.5 Å². The molecule has 0 aromatic carbocycles. The molecule has 0 saturated heterocycles. The summed E-state index contributed by atoms with van der Waals surface area (Å²) in [6.45, 7) is 5.79. The molecule has 116 valence electrons. The highest BCUT2D eigenvalue weighted by atomic mass is 16.2. The molecule has 3 N–H and O–H groups in total. The summed E-state index contributed by atoms with van der Waals surface area (Å²) in [5.74, 6) is 0.310. The molecule has 0 saturated carbocycles. The highest BCUT2D eigenvalue weighted by Gasteiger charge is 2.11. The summed E-state index contributed by atoms with van der Waals surface area (Å²) >= 11 is 0. The summed E-state index contributed by atoms with van der Waals surface area (Å²) < 4.78 is 0. The van der Waals surface area contributed by atoms with Crippen molar-refractivity contribution in [3.8, 4) is 0 Å². The third-order valence-corrected chi connectivity index (χ3v) is 2.80. The van der Waals surface area contributed by atoms with Crippen molar-refractivity contribution < 1.29 is 9.59 Å². The molecule has 6 heteroatoms. The monoisotopic (exact) mass is 292 g/mol. The number of nitrogens with one attached hydrogen (secondary N) is 3. The van der Waals surface area contributed by atoms with Gasteiger partial charge in [-0.25, -0.2) is 4.98 Å². The van der Waals surface area contributed by atoms with Crippen LogP contribution in [0.2, 0.25) is 0 Å². The van der Waals surface area contributed by atoms with E-state index in [1.807, 2.05) is 13.8 Å². The fourth-order valence-corrected chi connectivity index (χ4v) is 1.71. The zero-order valence-electron chi connectivity index (χ0n) is 12.7. The van der Waals surface area contributed by atoms with E-state index in [1.54, 1.807) is 18.3 Å². The minimum atomic E-state index is -0.218. The third-order valence-electron chi connectivity index (χ3n) is 2.80. The summed E-state index contributed by atoms with van der Waals surface area (Å²) in [5, 5.41) is 8.63.